The van der Waals surface area contributed by atoms with Crippen LogP contribution in [0, 0.1) is 0 Å². The predicted molar refractivity (Wildman–Crippen MR) is 271 cm³/mol. The Balaban J connectivity index is 4.60. The molecule has 72 heavy (non-hydrogen) atoms. The maximum atomic E-state index is 13.2. The minimum Gasteiger partial charge on any atom is -0.480 e. The highest BCUT2D eigenvalue weighted by atomic mass is 16.6. The number of carboxylic acids is 1. The molecule has 0 aliphatic heterocycles. The van der Waals surface area contributed by atoms with Crippen molar-refractivity contribution in [3.05, 3.63) is 0 Å². The largest absolute Gasteiger partial charge is 0.480 e. The summed E-state index contributed by atoms with van der Waals surface area (Å²) in [6.45, 7) is 16.7. The Labute approximate surface area is 429 Å². The second-order valence-electron chi connectivity index (χ2n) is 20.8. The number of rotatable bonds is 43. The molecule has 0 radical (unpaired) electrons. The number of carboxylic acid groups (broad SMARTS) is 1. The van der Waals surface area contributed by atoms with Gasteiger partial charge in [-0.25, -0.2) is 14.4 Å². The van der Waals surface area contributed by atoms with Crippen LogP contribution in [0.5, 0.6) is 0 Å². The standard InChI is InChI=1S/C52H94N4O16/c1-50(2,3)70-47(63)25-23-21-19-17-15-13-11-10-12-14-16-18-20-22-24-43(58)55-41(49(65)72-52(7,8)9)27-29-44(59)56-40(48(64)71-51(4,5)6)26-28-42(57)53-30-32-66-34-36-68-38-45(60)54-31-33-67-35-37-69-39-46(61)62/h40-41H,10-39H2,1-9H3,(H,53,57)(H,54,60)(H,55,58)(H,56,59)(H,61,62)/t40-,41-/m0/s1. The number of nitrogens with one attached hydrogen (secondary N) is 4. The van der Waals surface area contributed by atoms with Gasteiger partial charge in [0, 0.05) is 38.8 Å². The van der Waals surface area contributed by atoms with E-state index in [0.29, 0.717) is 12.8 Å². The fourth-order valence-corrected chi connectivity index (χ4v) is 6.83. The first-order valence-electron chi connectivity index (χ1n) is 26.2. The molecule has 0 saturated carbocycles. The zero-order valence-corrected chi connectivity index (χ0v) is 45.4. The summed E-state index contributed by atoms with van der Waals surface area (Å²) in [7, 11) is 0. The van der Waals surface area contributed by atoms with Crippen molar-refractivity contribution in [2.24, 2.45) is 0 Å². The number of hydrogen-bond donors (Lipinski definition) is 5. The van der Waals surface area contributed by atoms with Gasteiger partial charge in [0.05, 0.1) is 39.6 Å². The van der Waals surface area contributed by atoms with Crippen LogP contribution in [0.4, 0.5) is 0 Å². The Morgan fingerprint density at radius 1 is 0.389 bits per heavy atom. The molecule has 0 aromatic carbocycles. The van der Waals surface area contributed by atoms with E-state index in [9.17, 15) is 38.4 Å². The molecule has 0 aromatic heterocycles. The number of amides is 4. The van der Waals surface area contributed by atoms with E-state index in [-0.39, 0.29) is 109 Å². The Kier molecular flexibility index (Phi) is 37.6. The summed E-state index contributed by atoms with van der Waals surface area (Å²) in [5.41, 5.74) is -2.13. The molecule has 0 unspecified atom stereocenters. The van der Waals surface area contributed by atoms with Crippen molar-refractivity contribution in [3.63, 3.8) is 0 Å². The molecule has 0 bridgehead atoms. The van der Waals surface area contributed by atoms with E-state index >= 15 is 0 Å². The molecule has 0 aliphatic carbocycles. The predicted octanol–water partition coefficient (Wildman–Crippen LogP) is 6.17. The summed E-state index contributed by atoms with van der Waals surface area (Å²) in [4.78, 5) is 99.3. The lowest BCUT2D eigenvalue weighted by atomic mass is 10.0. The van der Waals surface area contributed by atoms with Crippen molar-refractivity contribution < 1.29 is 76.6 Å². The van der Waals surface area contributed by atoms with Gasteiger partial charge in [-0.05, 0) is 88.0 Å². The molecule has 0 saturated heterocycles. The van der Waals surface area contributed by atoms with Crippen molar-refractivity contribution in [3.8, 4) is 0 Å². The van der Waals surface area contributed by atoms with Gasteiger partial charge < -0.3 is 59.5 Å². The highest BCUT2D eigenvalue weighted by Gasteiger charge is 2.30. The van der Waals surface area contributed by atoms with Crippen molar-refractivity contribution in [1.29, 1.82) is 0 Å². The van der Waals surface area contributed by atoms with E-state index in [0.717, 1.165) is 44.9 Å². The molecular weight excluding hydrogens is 937 g/mol. The molecule has 5 N–H and O–H groups in total. The van der Waals surface area contributed by atoms with Gasteiger partial charge in [-0.3, -0.25) is 24.0 Å². The zero-order chi connectivity index (χ0) is 54.3. The molecule has 2 atom stereocenters. The number of hydrogen-bond acceptors (Lipinski definition) is 15. The summed E-state index contributed by atoms with van der Waals surface area (Å²) in [6, 6.07) is -2.25. The third-order valence-corrected chi connectivity index (χ3v) is 10.2. The van der Waals surface area contributed by atoms with Gasteiger partial charge in [0.15, 0.2) is 0 Å². The van der Waals surface area contributed by atoms with E-state index in [1.807, 2.05) is 20.8 Å². The zero-order valence-electron chi connectivity index (χ0n) is 45.4. The Morgan fingerprint density at radius 3 is 1.15 bits per heavy atom. The van der Waals surface area contributed by atoms with Gasteiger partial charge >= 0.3 is 23.9 Å². The summed E-state index contributed by atoms with van der Waals surface area (Å²) in [5, 5.41) is 19.2. The summed E-state index contributed by atoms with van der Waals surface area (Å²) in [5.74, 6) is -4.20. The van der Waals surface area contributed by atoms with Crippen molar-refractivity contribution in [2.45, 2.75) is 220 Å². The quantitative estimate of drug-likeness (QED) is 0.0260. The third kappa shape index (κ3) is 45.5. The van der Waals surface area contributed by atoms with Crippen molar-refractivity contribution in [2.75, 3.05) is 65.9 Å². The van der Waals surface area contributed by atoms with Crippen LogP contribution >= 0.6 is 0 Å². The first kappa shape index (κ1) is 67.6. The Bertz CT molecular complexity index is 1560. The van der Waals surface area contributed by atoms with Crippen LogP contribution in [0.3, 0.4) is 0 Å². The SMILES string of the molecule is CC(C)(C)OC(=O)CCCCCCCCCCCCCCCCC(=O)N[C@@H](CCC(=O)N[C@@H](CCC(=O)NCCOCCOCC(=O)NCCOCCOCC(=O)O)C(=O)OC(C)(C)C)C(=O)OC(C)(C)C. The first-order chi connectivity index (χ1) is 33.9. The van der Waals surface area contributed by atoms with E-state index in [4.69, 9.17) is 38.3 Å². The molecule has 0 aromatic rings. The van der Waals surface area contributed by atoms with Gasteiger partial charge in [-0.2, -0.15) is 0 Å². The lowest BCUT2D eigenvalue weighted by Gasteiger charge is -2.26. The van der Waals surface area contributed by atoms with Gasteiger partial charge in [-0.1, -0.05) is 77.0 Å². The van der Waals surface area contributed by atoms with Crippen LogP contribution in [0.2, 0.25) is 0 Å². The molecular formula is C52H94N4O16. The van der Waals surface area contributed by atoms with Crippen LogP contribution in [0.15, 0.2) is 0 Å². The highest BCUT2D eigenvalue weighted by Crippen LogP contribution is 2.17. The topological polar surface area (TPSA) is 270 Å². The summed E-state index contributed by atoms with van der Waals surface area (Å²) >= 11 is 0. The number of carbonyl (C=O) groups excluding carboxylic acids is 7. The monoisotopic (exact) mass is 1030 g/mol. The number of unbranched alkanes of at least 4 members (excludes halogenated alkanes) is 13. The average Bonchev–Trinajstić information content (AvgIpc) is 3.26. The normalized spacial score (nSPS) is 12.6. The minimum absolute atomic E-state index is 0.0648. The minimum atomic E-state index is -1.16. The fraction of sp³-hybridized carbons (Fsp3) is 0.846. The smallest absolute Gasteiger partial charge is 0.329 e. The molecule has 4 amide bonds. The van der Waals surface area contributed by atoms with Gasteiger partial charge in [-0.15, -0.1) is 0 Å². The Morgan fingerprint density at radius 2 is 0.736 bits per heavy atom. The van der Waals surface area contributed by atoms with Crippen molar-refractivity contribution >= 4 is 47.5 Å². The highest BCUT2D eigenvalue weighted by molar-refractivity contribution is 5.87. The number of ether oxygens (including phenoxy) is 7. The van der Waals surface area contributed by atoms with E-state index in [2.05, 4.69) is 21.3 Å². The van der Waals surface area contributed by atoms with Crippen LogP contribution in [-0.4, -0.2) is 147 Å². The molecule has 0 aliphatic rings. The van der Waals surface area contributed by atoms with Gasteiger partial charge in [0.2, 0.25) is 23.6 Å². The van der Waals surface area contributed by atoms with Crippen LogP contribution < -0.4 is 21.3 Å². The average molecular weight is 1030 g/mol. The van der Waals surface area contributed by atoms with E-state index < -0.39 is 65.2 Å². The molecule has 418 valence electrons. The summed E-state index contributed by atoms with van der Waals surface area (Å²) in [6.07, 6.45) is 15.4. The fourth-order valence-electron chi connectivity index (χ4n) is 6.83. The molecule has 20 nitrogen and oxygen atoms in total. The van der Waals surface area contributed by atoms with Crippen molar-refractivity contribution in [1.82, 2.24) is 21.3 Å². The lowest BCUT2D eigenvalue weighted by molar-refractivity contribution is -0.160. The third-order valence-electron chi connectivity index (χ3n) is 10.2. The van der Waals surface area contributed by atoms with Crippen LogP contribution in [0.1, 0.15) is 191 Å². The molecule has 0 spiro atoms. The molecule has 0 rings (SSSR count). The second kappa shape index (κ2) is 40.0. The van der Waals surface area contributed by atoms with E-state index in [1.165, 1.54) is 38.5 Å². The van der Waals surface area contributed by atoms with Gasteiger partial charge in [0.25, 0.3) is 0 Å². The van der Waals surface area contributed by atoms with E-state index in [1.54, 1.807) is 41.5 Å². The van der Waals surface area contributed by atoms with Gasteiger partial charge in [0.1, 0.15) is 42.1 Å². The molecule has 20 heteroatoms. The van der Waals surface area contributed by atoms with Crippen LogP contribution in [0.25, 0.3) is 0 Å². The second-order valence-corrected chi connectivity index (χ2v) is 20.8. The number of carbonyl (C=O) groups is 8. The molecule has 0 heterocycles. The maximum absolute atomic E-state index is 13.2. The first-order valence-corrected chi connectivity index (χ1v) is 26.2. The van der Waals surface area contributed by atoms with Crippen LogP contribution in [-0.2, 0) is 71.5 Å². The number of esters is 3. The number of aliphatic carboxylic acids is 1. The summed E-state index contributed by atoms with van der Waals surface area (Å²) < 4.78 is 37.2. The maximum Gasteiger partial charge on any atom is 0.329 e. The lowest BCUT2D eigenvalue weighted by Crippen LogP contribution is -2.47. The molecule has 0 fully saturated rings. The Hall–Kier alpha value is -4.40.